The van der Waals surface area contributed by atoms with Gasteiger partial charge in [-0.05, 0) is 16.7 Å². The summed E-state index contributed by atoms with van der Waals surface area (Å²) in [5, 5.41) is 0. The molecule has 1 amide bonds. The molecule has 0 aliphatic heterocycles. The number of carbonyl (C=O) groups excluding carboxylic acids is 1. The highest BCUT2D eigenvalue weighted by molar-refractivity contribution is 5.76. The van der Waals surface area contributed by atoms with Crippen LogP contribution in [-0.4, -0.2) is 5.91 Å². The first-order valence-electron chi connectivity index (χ1n) is 5.86. The smallest absolute Gasteiger partial charge is 0.219 e. The van der Waals surface area contributed by atoms with Crippen LogP contribution in [0.15, 0.2) is 54.6 Å². The monoisotopic (exact) mass is 240 g/mol. The third-order valence-corrected chi connectivity index (χ3v) is 2.87. The van der Waals surface area contributed by atoms with Gasteiger partial charge >= 0.3 is 0 Å². The molecule has 0 aromatic heterocycles. The van der Waals surface area contributed by atoms with E-state index in [0.717, 1.165) is 16.7 Å². The Morgan fingerprint density at radius 1 is 1.00 bits per heavy atom. The molecule has 0 saturated heterocycles. The Bertz CT molecular complexity index is 537. The van der Waals surface area contributed by atoms with Crippen LogP contribution in [0.25, 0.3) is 11.1 Å². The van der Waals surface area contributed by atoms with Crippen LogP contribution in [0.1, 0.15) is 18.0 Å². The average molecular weight is 240 g/mol. The zero-order valence-corrected chi connectivity index (χ0v) is 10.0. The lowest BCUT2D eigenvalue weighted by Gasteiger charge is -2.15. The molecule has 0 spiro atoms. The number of benzene rings is 2. The molecule has 18 heavy (non-hydrogen) atoms. The minimum atomic E-state index is -0.384. The zero-order chi connectivity index (χ0) is 13.0. The molecule has 0 aliphatic rings. The van der Waals surface area contributed by atoms with Crippen LogP contribution >= 0.6 is 0 Å². The van der Waals surface area contributed by atoms with Crippen LogP contribution in [0.5, 0.6) is 0 Å². The summed E-state index contributed by atoms with van der Waals surface area (Å²) in [6, 6.07) is 17.4. The summed E-state index contributed by atoms with van der Waals surface area (Å²) in [4.78, 5) is 11.0. The van der Waals surface area contributed by atoms with Crippen molar-refractivity contribution in [3.8, 4) is 11.1 Å². The minimum absolute atomic E-state index is 0.157. The third kappa shape index (κ3) is 2.76. The highest BCUT2D eigenvalue weighted by Gasteiger charge is 2.13. The Morgan fingerprint density at radius 3 is 2.28 bits per heavy atom. The molecule has 0 heterocycles. The predicted molar refractivity (Wildman–Crippen MR) is 72.6 cm³/mol. The van der Waals surface area contributed by atoms with Gasteiger partial charge in [-0.3, -0.25) is 4.79 Å². The summed E-state index contributed by atoms with van der Waals surface area (Å²) < 4.78 is 0. The predicted octanol–water partition coefficient (Wildman–Crippen LogP) is 2.23. The molecular weight excluding hydrogens is 224 g/mol. The van der Waals surface area contributed by atoms with E-state index in [0.29, 0.717) is 0 Å². The number of hydrogen-bond donors (Lipinski definition) is 2. The molecule has 1 unspecified atom stereocenters. The van der Waals surface area contributed by atoms with Crippen molar-refractivity contribution in [1.82, 2.24) is 0 Å². The van der Waals surface area contributed by atoms with Gasteiger partial charge in [-0.1, -0.05) is 54.6 Å². The summed E-state index contributed by atoms with van der Waals surface area (Å²) >= 11 is 0. The molecule has 4 N–H and O–H groups in total. The Hall–Kier alpha value is -2.13. The molecule has 3 nitrogen and oxygen atoms in total. The van der Waals surface area contributed by atoms with Gasteiger partial charge in [-0.25, -0.2) is 0 Å². The standard InChI is InChI=1S/C15H16N2O/c16-14(10-15(17)18)13-9-5-4-8-12(13)11-6-2-1-3-7-11/h1-9,14H,10,16H2,(H2,17,18). The first kappa shape index (κ1) is 12.3. The molecule has 0 saturated carbocycles. The van der Waals surface area contributed by atoms with E-state index in [1.807, 2.05) is 54.6 Å². The number of primary amides is 1. The lowest BCUT2D eigenvalue weighted by Crippen LogP contribution is -2.21. The van der Waals surface area contributed by atoms with E-state index in [2.05, 4.69) is 0 Å². The normalized spacial score (nSPS) is 12.1. The largest absolute Gasteiger partial charge is 0.370 e. The van der Waals surface area contributed by atoms with Gasteiger partial charge in [0.05, 0.1) is 0 Å². The number of amides is 1. The molecule has 2 aromatic rings. The van der Waals surface area contributed by atoms with Crippen LogP contribution in [0, 0.1) is 0 Å². The molecule has 92 valence electrons. The van der Waals surface area contributed by atoms with Crippen LogP contribution in [0.2, 0.25) is 0 Å². The second-order valence-electron chi connectivity index (χ2n) is 4.23. The van der Waals surface area contributed by atoms with E-state index in [4.69, 9.17) is 11.5 Å². The number of hydrogen-bond acceptors (Lipinski definition) is 2. The van der Waals surface area contributed by atoms with Gasteiger partial charge in [-0.15, -0.1) is 0 Å². The molecular formula is C15H16N2O. The van der Waals surface area contributed by atoms with E-state index in [-0.39, 0.29) is 18.4 Å². The summed E-state index contributed by atoms with van der Waals surface area (Å²) in [6.45, 7) is 0. The maximum Gasteiger partial charge on any atom is 0.219 e. The summed E-state index contributed by atoms with van der Waals surface area (Å²) in [6.07, 6.45) is 0.157. The maximum absolute atomic E-state index is 11.0. The van der Waals surface area contributed by atoms with E-state index in [1.165, 1.54) is 0 Å². The Balaban J connectivity index is 2.40. The van der Waals surface area contributed by atoms with Crippen molar-refractivity contribution in [2.75, 3.05) is 0 Å². The van der Waals surface area contributed by atoms with Crippen LogP contribution in [0.4, 0.5) is 0 Å². The first-order valence-corrected chi connectivity index (χ1v) is 5.86. The van der Waals surface area contributed by atoms with Crippen molar-refractivity contribution in [2.24, 2.45) is 11.5 Å². The molecule has 2 rings (SSSR count). The van der Waals surface area contributed by atoms with Gasteiger partial charge in [0.2, 0.25) is 5.91 Å². The van der Waals surface area contributed by atoms with Crippen LogP contribution < -0.4 is 11.5 Å². The zero-order valence-electron chi connectivity index (χ0n) is 10.0. The van der Waals surface area contributed by atoms with Gasteiger partial charge < -0.3 is 11.5 Å². The van der Waals surface area contributed by atoms with Crippen molar-refractivity contribution in [3.05, 3.63) is 60.2 Å². The summed E-state index contributed by atoms with van der Waals surface area (Å²) in [7, 11) is 0. The highest BCUT2D eigenvalue weighted by atomic mass is 16.1. The highest BCUT2D eigenvalue weighted by Crippen LogP contribution is 2.28. The number of rotatable bonds is 4. The molecule has 2 aromatic carbocycles. The van der Waals surface area contributed by atoms with Crippen LogP contribution in [-0.2, 0) is 4.79 Å². The average Bonchev–Trinajstić information content (AvgIpc) is 2.39. The van der Waals surface area contributed by atoms with E-state index in [1.54, 1.807) is 0 Å². The van der Waals surface area contributed by atoms with Crippen molar-refractivity contribution >= 4 is 5.91 Å². The van der Waals surface area contributed by atoms with Crippen molar-refractivity contribution in [2.45, 2.75) is 12.5 Å². The van der Waals surface area contributed by atoms with Gasteiger partial charge in [0.25, 0.3) is 0 Å². The molecule has 3 heteroatoms. The Kier molecular flexibility index (Phi) is 3.75. The lowest BCUT2D eigenvalue weighted by atomic mass is 9.94. The maximum atomic E-state index is 11.0. The van der Waals surface area contributed by atoms with Crippen molar-refractivity contribution in [1.29, 1.82) is 0 Å². The first-order chi connectivity index (χ1) is 8.68. The van der Waals surface area contributed by atoms with E-state index < -0.39 is 0 Å². The van der Waals surface area contributed by atoms with Crippen molar-refractivity contribution in [3.63, 3.8) is 0 Å². The van der Waals surface area contributed by atoms with Crippen molar-refractivity contribution < 1.29 is 4.79 Å². The summed E-state index contributed by atoms with van der Waals surface area (Å²) in [5.41, 5.74) is 14.3. The fourth-order valence-electron chi connectivity index (χ4n) is 2.03. The fourth-order valence-corrected chi connectivity index (χ4v) is 2.03. The van der Waals surface area contributed by atoms with E-state index >= 15 is 0 Å². The molecule has 0 radical (unpaired) electrons. The van der Waals surface area contributed by atoms with Gasteiger partial charge in [0, 0.05) is 12.5 Å². The topological polar surface area (TPSA) is 69.1 Å². The van der Waals surface area contributed by atoms with Crippen LogP contribution in [0.3, 0.4) is 0 Å². The Labute approximate surface area is 106 Å². The second kappa shape index (κ2) is 5.47. The molecule has 1 atom stereocenters. The number of nitrogens with two attached hydrogens (primary N) is 2. The second-order valence-corrected chi connectivity index (χ2v) is 4.23. The van der Waals surface area contributed by atoms with Gasteiger partial charge in [-0.2, -0.15) is 0 Å². The fraction of sp³-hybridized carbons (Fsp3) is 0.133. The van der Waals surface area contributed by atoms with E-state index in [9.17, 15) is 4.79 Å². The lowest BCUT2D eigenvalue weighted by molar-refractivity contribution is -0.118. The quantitative estimate of drug-likeness (QED) is 0.860. The molecule has 0 bridgehead atoms. The molecule has 0 aliphatic carbocycles. The Morgan fingerprint density at radius 2 is 1.61 bits per heavy atom. The van der Waals surface area contributed by atoms with Gasteiger partial charge in [0.1, 0.15) is 0 Å². The molecule has 0 fully saturated rings. The summed E-state index contributed by atoms with van der Waals surface area (Å²) in [5.74, 6) is -0.384. The third-order valence-electron chi connectivity index (χ3n) is 2.87. The SMILES string of the molecule is NC(=O)CC(N)c1ccccc1-c1ccccc1. The van der Waals surface area contributed by atoms with Gasteiger partial charge in [0.15, 0.2) is 0 Å². The minimum Gasteiger partial charge on any atom is -0.370 e. The number of carbonyl (C=O) groups is 1.